The van der Waals surface area contributed by atoms with Crippen molar-refractivity contribution in [3.8, 4) is 5.82 Å². The molecule has 3 heterocycles. The van der Waals surface area contributed by atoms with Crippen molar-refractivity contribution in [3.05, 3.63) is 49.2 Å². The highest BCUT2D eigenvalue weighted by molar-refractivity contribution is 5.59. The van der Waals surface area contributed by atoms with Crippen molar-refractivity contribution in [1.29, 1.82) is 0 Å². The molecule has 0 aliphatic carbocycles. The van der Waals surface area contributed by atoms with Crippen LogP contribution in [0.5, 0.6) is 0 Å². The van der Waals surface area contributed by atoms with E-state index in [9.17, 15) is 0 Å². The van der Waals surface area contributed by atoms with Crippen molar-refractivity contribution in [2.24, 2.45) is 0 Å². The lowest BCUT2D eigenvalue weighted by molar-refractivity contribution is 0.870. The molecule has 68 valence electrons. The Hall–Kier alpha value is -2.10. The van der Waals surface area contributed by atoms with Gasteiger partial charge in [0.1, 0.15) is 11.8 Å². The molecule has 0 aliphatic heterocycles. The molecule has 0 N–H and O–H groups in total. The fraction of sp³-hybridized carbons (Fsp3) is 0. The largest absolute Gasteiger partial charge is 0.307 e. The average molecular weight is 184 g/mol. The van der Waals surface area contributed by atoms with Gasteiger partial charge in [-0.2, -0.15) is 5.10 Å². The SMILES string of the molecule is c1ccn(-c2ncnn3cccc23)c1. The summed E-state index contributed by atoms with van der Waals surface area (Å²) in [6, 6.07) is 7.90. The second-order valence-corrected chi connectivity index (χ2v) is 3.01. The molecule has 0 bridgehead atoms. The quantitative estimate of drug-likeness (QED) is 0.574. The average Bonchev–Trinajstić information content (AvgIpc) is 2.88. The summed E-state index contributed by atoms with van der Waals surface area (Å²) in [5.41, 5.74) is 1.00. The van der Waals surface area contributed by atoms with E-state index in [1.54, 1.807) is 6.33 Å². The molecule has 4 nitrogen and oxygen atoms in total. The number of aromatic nitrogens is 4. The molecule has 0 aliphatic rings. The fourth-order valence-corrected chi connectivity index (χ4v) is 1.53. The van der Waals surface area contributed by atoms with Gasteiger partial charge < -0.3 is 4.57 Å². The molecule has 0 saturated heterocycles. The number of fused-ring (bicyclic) bond motifs is 1. The number of nitrogens with zero attached hydrogens (tertiary/aromatic N) is 4. The normalized spacial score (nSPS) is 10.9. The molecule has 0 radical (unpaired) electrons. The molecule has 4 heteroatoms. The van der Waals surface area contributed by atoms with Gasteiger partial charge in [-0.25, -0.2) is 9.50 Å². The van der Waals surface area contributed by atoms with Gasteiger partial charge in [0.2, 0.25) is 0 Å². The summed E-state index contributed by atoms with van der Waals surface area (Å²) in [5, 5.41) is 4.10. The van der Waals surface area contributed by atoms with Crippen LogP contribution in [0.25, 0.3) is 11.3 Å². The van der Waals surface area contributed by atoms with Gasteiger partial charge in [-0.05, 0) is 24.3 Å². The van der Waals surface area contributed by atoms with Crippen LogP contribution < -0.4 is 0 Å². The Kier molecular flexibility index (Phi) is 1.41. The lowest BCUT2D eigenvalue weighted by atomic mass is 10.5. The summed E-state index contributed by atoms with van der Waals surface area (Å²) in [6.07, 6.45) is 7.40. The highest BCUT2D eigenvalue weighted by atomic mass is 15.3. The van der Waals surface area contributed by atoms with E-state index in [0.29, 0.717) is 0 Å². The van der Waals surface area contributed by atoms with Gasteiger partial charge in [-0.15, -0.1) is 0 Å². The minimum atomic E-state index is 0.898. The van der Waals surface area contributed by atoms with Crippen molar-refractivity contribution in [3.63, 3.8) is 0 Å². The first kappa shape index (κ1) is 7.32. The number of rotatable bonds is 1. The van der Waals surface area contributed by atoms with Crippen LogP contribution in [0.4, 0.5) is 0 Å². The maximum absolute atomic E-state index is 4.25. The summed E-state index contributed by atoms with van der Waals surface area (Å²) in [7, 11) is 0. The van der Waals surface area contributed by atoms with E-state index >= 15 is 0 Å². The van der Waals surface area contributed by atoms with Gasteiger partial charge >= 0.3 is 0 Å². The fourth-order valence-electron chi connectivity index (χ4n) is 1.53. The van der Waals surface area contributed by atoms with E-state index in [1.165, 1.54) is 0 Å². The van der Waals surface area contributed by atoms with Gasteiger partial charge in [-0.1, -0.05) is 0 Å². The van der Waals surface area contributed by atoms with Crippen molar-refractivity contribution in [1.82, 2.24) is 19.2 Å². The van der Waals surface area contributed by atoms with E-state index in [2.05, 4.69) is 10.1 Å². The minimum Gasteiger partial charge on any atom is -0.307 e. The van der Waals surface area contributed by atoms with E-state index in [4.69, 9.17) is 0 Å². The van der Waals surface area contributed by atoms with Crippen molar-refractivity contribution < 1.29 is 0 Å². The molecule has 0 spiro atoms. The summed E-state index contributed by atoms with van der Waals surface area (Å²) < 4.78 is 3.78. The monoisotopic (exact) mass is 184 g/mol. The topological polar surface area (TPSA) is 35.1 Å². The zero-order valence-corrected chi connectivity index (χ0v) is 7.41. The van der Waals surface area contributed by atoms with E-state index in [0.717, 1.165) is 11.3 Å². The van der Waals surface area contributed by atoms with Crippen LogP contribution in [-0.2, 0) is 0 Å². The zero-order chi connectivity index (χ0) is 9.38. The van der Waals surface area contributed by atoms with Gasteiger partial charge in [-0.3, -0.25) is 0 Å². The Balaban J connectivity index is 2.36. The third-order valence-corrected chi connectivity index (χ3v) is 2.16. The lowest BCUT2D eigenvalue weighted by Crippen LogP contribution is -2.00. The molecule has 3 rings (SSSR count). The highest BCUT2D eigenvalue weighted by Gasteiger charge is 2.02. The Morgan fingerprint density at radius 3 is 2.71 bits per heavy atom. The van der Waals surface area contributed by atoms with Gasteiger partial charge in [0.05, 0.1) is 0 Å². The predicted octanol–water partition coefficient (Wildman–Crippen LogP) is 1.52. The number of hydrogen-bond acceptors (Lipinski definition) is 2. The molecule has 0 unspecified atom stereocenters. The Morgan fingerprint density at radius 1 is 1.00 bits per heavy atom. The molecule has 3 aromatic rings. The molecule has 0 fully saturated rings. The molecule has 0 aromatic carbocycles. The lowest BCUT2D eigenvalue weighted by Gasteiger charge is -2.02. The molecule has 3 aromatic heterocycles. The van der Waals surface area contributed by atoms with Crippen LogP contribution >= 0.6 is 0 Å². The van der Waals surface area contributed by atoms with E-state index in [1.807, 2.05) is 51.9 Å². The van der Waals surface area contributed by atoms with Gasteiger partial charge in [0.15, 0.2) is 5.82 Å². The van der Waals surface area contributed by atoms with Crippen LogP contribution in [0.3, 0.4) is 0 Å². The standard InChI is InChI=1S/C10H8N4/c1-2-6-13(5-1)10-9-4-3-7-14(9)12-8-11-10/h1-8H. The van der Waals surface area contributed by atoms with Crippen molar-refractivity contribution >= 4 is 5.52 Å². The van der Waals surface area contributed by atoms with Crippen LogP contribution in [0.15, 0.2) is 49.2 Å². The molecular weight excluding hydrogens is 176 g/mol. The summed E-state index contributed by atoms with van der Waals surface area (Å²) in [4.78, 5) is 4.25. The third-order valence-electron chi connectivity index (χ3n) is 2.16. The second kappa shape index (κ2) is 2.70. The Bertz CT molecular complexity index is 550. The van der Waals surface area contributed by atoms with Crippen LogP contribution in [0.1, 0.15) is 0 Å². The maximum atomic E-state index is 4.25. The Morgan fingerprint density at radius 2 is 1.86 bits per heavy atom. The summed E-state index contributed by atoms with van der Waals surface area (Å²) in [5.74, 6) is 0.898. The molecule has 0 saturated carbocycles. The third kappa shape index (κ3) is 0.939. The maximum Gasteiger partial charge on any atom is 0.164 e. The summed E-state index contributed by atoms with van der Waals surface area (Å²) >= 11 is 0. The predicted molar refractivity (Wildman–Crippen MR) is 52.3 cm³/mol. The first-order chi connectivity index (χ1) is 6.95. The zero-order valence-electron chi connectivity index (χ0n) is 7.41. The molecular formula is C10H8N4. The van der Waals surface area contributed by atoms with E-state index in [-0.39, 0.29) is 0 Å². The summed E-state index contributed by atoms with van der Waals surface area (Å²) in [6.45, 7) is 0. The molecule has 0 atom stereocenters. The first-order valence-electron chi connectivity index (χ1n) is 4.37. The van der Waals surface area contributed by atoms with Crippen LogP contribution in [0.2, 0.25) is 0 Å². The van der Waals surface area contributed by atoms with Crippen LogP contribution in [-0.4, -0.2) is 19.2 Å². The van der Waals surface area contributed by atoms with Crippen molar-refractivity contribution in [2.75, 3.05) is 0 Å². The van der Waals surface area contributed by atoms with E-state index < -0.39 is 0 Å². The minimum absolute atomic E-state index is 0.898. The Labute approximate surface area is 80.4 Å². The van der Waals surface area contributed by atoms with Crippen molar-refractivity contribution in [2.45, 2.75) is 0 Å². The van der Waals surface area contributed by atoms with Gasteiger partial charge in [0, 0.05) is 18.6 Å². The van der Waals surface area contributed by atoms with Gasteiger partial charge in [0.25, 0.3) is 0 Å². The second-order valence-electron chi connectivity index (χ2n) is 3.01. The number of hydrogen-bond donors (Lipinski definition) is 0. The smallest absolute Gasteiger partial charge is 0.164 e. The molecule has 0 amide bonds. The highest BCUT2D eigenvalue weighted by Crippen LogP contribution is 2.11. The van der Waals surface area contributed by atoms with Crippen LogP contribution in [0, 0.1) is 0 Å². The molecule has 14 heavy (non-hydrogen) atoms. The first-order valence-corrected chi connectivity index (χ1v) is 4.37.